The maximum absolute atomic E-state index is 13.6. The summed E-state index contributed by atoms with van der Waals surface area (Å²) in [7, 11) is 0. The van der Waals surface area contributed by atoms with Crippen molar-refractivity contribution in [2.24, 2.45) is 0 Å². The van der Waals surface area contributed by atoms with Gasteiger partial charge in [0.05, 0.1) is 0 Å². The lowest BCUT2D eigenvalue weighted by molar-refractivity contribution is -0.150. The second-order valence-electron chi connectivity index (χ2n) is 3.74. The summed E-state index contributed by atoms with van der Waals surface area (Å²) in [5, 5.41) is 11.0. The molecule has 6 heteroatoms. The van der Waals surface area contributed by atoms with Crippen LogP contribution in [0, 0.1) is 0 Å². The molecule has 1 saturated carbocycles. The molecular weight excluding hydrogens is 217 g/mol. The van der Waals surface area contributed by atoms with Gasteiger partial charge in [-0.1, -0.05) is 12.7 Å². The van der Waals surface area contributed by atoms with Gasteiger partial charge in [0, 0.05) is 12.5 Å². The van der Waals surface area contributed by atoms with Gasteiger partial charge in [0.2, 0.25) is 5.67 Å². The van der Waals surface area contributed by atoms with Gasteiger partial charge >= 0.3 is 12.1 Å². The van der Waals surface area contributed by atoms with Gasteiger partial charge in [-0.2, -0.15) is 0 Å². The zero-order chi connectivity index (χ0) is 12.2. The van der Waals surface area contributed by atoms with Crippen LogP contribution in [0.2, 0.25) is 0 Å². The van der Waals surface area contributed by atoms with Crippen molar-refractivity contribution in [1.82, 2.24) is 5.32 Å². The van der Waals surface area contributed by atoms with Crippen LogP contribution in [0.3, 0.4) is 0 Å². The van der Waals surface area contributed by atoms with E-state index in [9.17, 15) is 14.0 Å². The minimum absolute atomic E-state index is 0.0677. The van der Waals surface area contributed by atoms with Crippen LogP contribution in [0.15, 0.2) is 12.7 Å². The molecule has 16 heavy (non-hydrogen) atoms. The lowest BCUT2D eigenvalue weighted by Crippen LogP contribution is -2.37. The van der Waals surface area contributed by atoms with E-state index in [-0.39, 0.29) is 19.4 Å². The summed E-state index contributed by atoms with van der Waals surface area (Å²) in [6, 6.07) is -0.488. The third kappa shape index (κ3) is 2.95. The molecule has 1 fully saturated rings. The maximum Gasteiger partial charge on any atom is 0.407 e. The van der Waals surface area contributed by atoms with Crippen molar-refractivity contribution in [2.45, 2.75) is 31.0 Å². The lowest BCUT2D eigenvalue weighted by atomic mass is 10.1. The van der Waals surface area contributed by atoms with E-state index in [0.717, 1.165) is 0 Å². The average molecular weight is 231 g/mol. The normalized spacial score (nSPS) is 28.4. The largest absolute Gasteiger partial charge is 0.479 e. The van der Waals surface area contributed by atoms with Crippen molar-refractivity contribution in [3.05, 3.63) is 12.7 Å². The Morgan fingerprint density at radius 3 is 2.88 bits per heavy atom. The Kier molecular flexibility index (Phi) is 3.87. The van der Waals surface area contributed by atoms with E-state index in [1.807, 2.05) is 0 Å². The van der Waals surface area contributed by atoms with Crippen LogP contribution in [0.4, 0.5) is 9.18 Å². The van der Waals surface area contributed by atoms with Crippen molar-refractivity contribution in [2.75, 3.05) is 6.61 Å². The highest BCUT2D eigenvalue weighted by atomic mass is 19.1. The predicted molar refractivity (Wildman–Crippen MR) is 53.8 cm³/mol. The first-order chi connectivity index (χ1) is 7.48. The Hall–Kier alpha value is -1.59. The van der Waals surface area contributed by atoms with E-state index in [0.29, 0.717) is 6.42 Å². The Labute approximate surface area is 92.3 Å². The fourth-order valence-electron chi connectivity index (χ4n) is 1.66. The first kappa shape index (κ1) is 12.5. The van der Waals surface area contributed by atoms with Crippen molar-refractivity contribution >= 4 is 12.1 Å². The van der Waals surface area contributed by atoms with Crippen LogP contribution in [0.1, 0.15) is 19.3 Å². The van der Waals surface area contributed by atoms with Gasteiger partial charge in [-0.3, -0.25) is 0 Å². The number of rotatable bonds is 4. The highest BCUT2D eigenvalue weighted by Gasteiger charge is 2.46. The number of halogens is 1. The molecule has 1 amide bonds. The van der Waals surface area contributed by atoms with E-state index in [1.54, 1.807) is 0 Å². The fourth-order valence-corrected chi connectivity index (χ4v) is 1.66. The van der Waals surface area contributed by atoms with Crippen LogP contribution in [0.25, 0.3) is 0 Å². The highest BCUT2D eigenvalue weighted by molar-refractivity contribution is 5.78. The summed E-state index contributed by atoms with van der Waals surface area (Å²) in [6.45, 7) is 3.44. The second kappa shape index (κ2) is 4.96. The van der Waals surface area contributed by atoms with E-state index < -0.39 is 23.8 Å². The van der Waals surface area contributed by atoms with Gasteiger partial charge in [0.15, 0.2) is 0 Å². The van der Waals surface area contributed by atoms with Gasteiger partial charge in [-0.25, -0.2) is 14.0 Å². The topological polar surface area (TPSA) is 75.6 Å². The number of alkyl halides is 1. The summed E-state index contributed by atoms with van der Waals surface area (Å²) in [6.07, 6.45) is 0.719. The van der Waals surface area contributed by atoms with Crippen LogP contribution in [-0.2, 0) is 9.53 Å². The molecule has 0 aromatic rings. The molecule has 2 atom stereocenters. The first-order valence-electron chi connectivity index (χ1n) is 4.94. The quantitative estimate of drug-likeness (QED) is 0.714. The molecule has 0 radical (unpaired) electrons. The minimum Gasteiger partial charge on any atom is -0.479 e. The molecule has 2 N–H and O–H groups in total. The molecule has 2 unspecified atom stereocenters. The van der Waals surface area contributed by atoms with Gasteiger partial charge in [0.1, 0.15) is 6.61 Å². The Morgan fingerprint density at radius 1 is 1.69 bits per heavy atom. The SMILES string of the molecule is C=CCOC(=O)NC1CCC(F)(C(=O)O)C1. The van der Waals surface area contributed by atoms with Gasteiger partial charge < -0.3 is 15.2 Å². The third-order valence-corrected chi connectivity index (χ3v) is 2.50. The van der Waals surface area contributed by atoms with Crippen LogP contribution in [-0.4, -0.2) is 35.5 Å². The van der Waals surface area contributed by atoms with Crippen LogP contribution >= 0.6 is 0 Å². The number of ether oxygens (including phenoxy) is 1. The van der Waals surface area contributed by atoms with E-state index in [2.05, 4.69) is 16.6 Å². The summed E-state index contributed by atoms with van der Waals surface area (Å²) in [5.74, 6) is -1.48. The number of amides is 1. The van der Waals surface area contributed by atoms with E-state index >= 15 is 0 Å². The molecule has 0 aliphatic heterocycles. The highest BCUT2D eigenvalue weighted by Crippen LogP contribution is 2.33. The standard InChI is InChI=1S/C10H14FNO4/c1-2-5-16-9(15)12-7-3-4-10(11,6-7)8(13)14/h2,7H,1,3-6H2,(H,12,15)(H,13,14). The second-order valence-corrected chi connectivity index (χ2v) is 3.74. The van der Waals surface area contributed by atoms with Crippen LogP contribution in [0.5, 0.6) is 0 Å². The summed E-state index contributed by atoms with van der Waals surface area (Å²) in [4.78, 5) is 21.7. The fraction of sp³-hybridized carbons (Fsp3) is 0.600. The number of carboxylic acid groups (broad SMARTS) is 1. The summed E-state index contributed by atoms with van der Waals surface area (Å²) < 4.78 is 18.2. The Morgan fingerprint density at radius 2 is 2.38 bits per heavy atom. The number of carbonyl (C=O) groups excluding carboxylic acids is 1. The van der Waals surface area contributed by atoms with Crippen molar-refractivity contribution in [1.29, 1.82) is 0 Å². The molecule has 0 saturated heterocycles. The van der Waals surface area contributed by atoms with Crippen LogP contribution < -0.4 is 5.32 Å². The number of carboxylic acids is 1. The Bertz CT molecular complexity index is 307. The van der Waals surface area contributed by atoms with Gasteiger partial charge in [-0.05, 0) is 12.8 Å². The molecule has 0 spiro atoms. The number of hydrogen-bond donors (Lipinski definition) is 2. The molecule has 90 valence electrons. The molecule has 0 aromatic carbocycles. The minimum atomic E-state index is -2.23. The molecule has 1 rings (SSSR count). The summed E-state index contributed by atoms with van der Waals surface area (Å²) in [5.41, 5.74) is -2.23. The third-order valence-electron chi connectivity index (χ3n) is 2.50. The predicted octanol–water partition coefficient (Wildman–Crippen LogP) is 1.24. The molecule has 0 heterocycles. The van der Waals surface area contributed by atoms with Gasteiger partial charge in [0.25, 0.3) is 0 Å². The summed E-state index contributed by atoms with van der Waals surface area (Å²) >= 11 is 0. The van der Waals surface area contributed by atoms with E-state index in [1.165, 1.54) is 6.08 Å². The first-order valence-corrected chi connectivity index (χ1v) is 4.94. The van der Waals surface area contributed by atoms with Gasteiger partial charge in [-0.15, -0.1) is 0 Å². The maximum atomic E-state index is 13.6. The van der Waals surface area contributed by atoms with E-state index in [4.69, 9.17) is 5.11 Å². The molecule has 1 aliphatic carbocycles. The zero-order valence-electron chi connectivity index (χ0n) is 8.74. The molecule has 0 aromatic heterocycles. The molecule has 0 bridgehead atoms. The average Bonchev–Trinajstić information content (AvgIpc) is 2.58. The lowest BCUT2D eigenvalue weighted by Gasteiger charge is -2.14. The molecule has 1 aliphatic rings. The molecule has 5 nitrogen and oxygen atoms in total. The zero-order valence-corrected chi connectivity index (χ0v) is 8.74. The number of nitrogens with one attached hydrogen (secondary N) is 1. The van der Waals surface area contributed by atoms with Crippen molar-refractivity contribution < 1.29 is 23.8 Å². The number of hydrogen-bond acceptors (Lipinski definition) is 3. The van der Waals surface area contributed by atoms with Crippen molar-refractivity contribution in [3.63, 3.8) is 0 Å². The molecular formula is C10H14FNO4. The number of aliphatic carboxylic acids is 1. The number of carbonyl (C=O) groups is 2. The van der Waals surface area contributed by atoms with Crippen molar-refractivity contribution in [3.8, 4) is 0 Å². The smallest absolute Gasteiger partial charge is 0.407 e. The Balaban J connectivity index is 2.39. The number of alkyl carbamates (subject to hydrolysis) is 1. The monoisotopic (exact) mass is 231 g/mol.